The van der Waals surface area contributed by atoms with Crippen LogP contribution in [0.1, 0.15) is 10.5 Å². The van der Waals surface area contributed by atoms with Gasteiger partial charge < -0.3 is 0 Å². The maximum absolute atomic E-state index is 11.0. The molecule has 0 N–H and O–H groups in total. The third kappa shape index (κ3) is 1.64. The summed E-state index contributed by atoms with van der Waals surface area (Å²) in [7, 11) is 0. The summed E-state index contributed by atoms with van der Waals surface area (Å²) < 4.78 is 2.40. The SMILES string of the molecule is O=Cc1cccc2nnc(-c3ccc(Cl)s3)n12. The highest BCUT2D eigenvalue weighted by Crippen LogP contribution is 2.30. The Hall–Kier alpha value is -1.72. The van der Waals surface area contributed by atoms with Crippen molar-refractivity contribution in [2.75, 3.05) is 0 Å². The number of hydrogen-bond donors (Lipinski definition) is 0. The van der Waals surface area contributed by atoms with Crippen molar-refractivity contribution in [3.05, 3.63) is 40.4 Å². The lowest BCUT2D eigenvalue weighted by Gasteiger charge is -1.99. The van der Waals surface area contributed by atoms with Crippen LogP contribution in [0.15, 0.2) is 30.3 Å². The average molecular weight is 264 g/mol. The number of carbonyl (C=O) groups excluding carboxylic acids is 1. The lowest BCUT2D eigenvalue weighted by molar-refractivity contribution is 0.111. The third-order valence-electron chi connectivity index (χ3n) is 2.37. The van der Waals surface area contributed by atoms with E-state index < -0.39 is 0 Å². The number of nitrogens with zero attached hydrogens (tertiary/aromatic N) is 3. The number of thiophene rings is 1. The first kappa shape index (κ1) is 10.4. The van der Waals surface area contributed by atoms with Crippen LogP contribution in [0.2, 0.25) is 4.34 Å². The Kier molecular flexibility index (Phi) is 2.42. The summed E-state index contributed by atoms with van der Waals surface area (Å²) in [5.74, 6) is 0.639. The van der Waals surface area contributed by atoms with Gasteiger partial charge in [0, 0.05) is 0 Å². The second kappa shape index (κ2) is 3.94. The number of aldehydes is 1. The molecule has 0 aromatic carbocycles. The smallest absolute Gasteiger partial charge is 0.179 e. The molecule has 0 bridgehead atoms. The molecule has 0 saturated carbocycles. The predicted octanol–water partition coefficient (Wildman–Crippen LogP) is 2.92. The van der Waals surface area contributed by atoms with Gasteiger partial charge in [0.2, 0.25) is 0 Å². The zero-order valence-corrected chi connectivity index (χ0v) is 10.1. The summed E-state index contributed by atoms with van der Waals surface area (Å²) in [6, 6.07) is 8.97. The van der Waals surface area contributed by atoms with Crippen LogP contribution >= 0.6 is 22.9 Å². The molecular weight excluding hydrogens is 258 g/mol. The van der Waals surface area contributed by atoms with Gasteiger partial charge in [0.25, 0.3) is 0 Å². The first-order chi connectivity index (χ1) is 8.29. The van der Waals surface area contributed by atoms with Gasteiger partial charge >= 0.3 is 0 Å². The molecule has 0 aliphatic carbocycles. The van der Waals surface area contributed by atoms with Gasteiger partial charge in [-0.15, -0.1) is 21.5 Å². The summed E-state index contributed by atoms with van der Waals surface area (Å²) in [4.78, 5) is 11.9. The summed E-state index contributed by atoms with van der Waals surface area (Å²) in [6.45, 7) is 0. The van der Waals surface area contributed by atoms with Crippen molar-refractivity contribution in [1.82, 2.24) is 14.6 Å². The third-order valence-corrected chi connectivity index (χ3v) is 3.60. The normalized spacial score (nSPS) is 10.9. The molecule has 0 spiro atoms. The number of rotatable bonds is 2. The van der Waals surface area contributed by atoms with Crippen LogP contribution in [0.5, 0.6) is 0 Å². The number of hydrogen-bond acceptors (Lipinski definition) is 4. The maximum Gasteiger partial charge on any atom is 0.179 e. The molecule has 3 rings (SSSR count). The molecule has 84 valence electrons. The fourth-order valence-corrected chi connectivity index (χ4v) is 2.67. The van der Waals surface area contributed by atoms with Crippen molar-refractivity contribution in [3.8, 4) is 10.7 Å². The van der Waals surface area contributed by atoms with Gasteiger partial charge in [-0.25, -0.2) is 0 Å². The lowest BCUT2D eigenvalue weighted by Crippen LogP contribution is -1.96. The standard InChI is InChI=1S/C11H6ClN3OS/c12-9-5-4-8(17-9)11-14-13-10-3-1-2-7(6-16)15(10)11/h1-6H. The van der Waals surface area contributed by atoms with Gasteiger partial charge in [0.05, 0.1) is 14.9 Å². The minimum absolute atomic E-state index is 0.520. The minimum Gasteiger partial charge on any atom is -0.296 e. The summed E-state index contributed by atoms with van der Waals surface area (Å²) in [5, 5.41) is 8.12. The van der Waals surface area contributed by atoms with Crippen molar-refractivity contribution in [1.29, 1.82) is 0 Å². The first-order valence-corrected chi connectivity index (χ1v) is 6.04. The largest absolute Gasteiger partial charge is 0.296 e. The zero-order valence-electron chi connectivity index (χ0n) is 8.50. The van der Waals surface area contributed by atoms with E-state index in [1.807, 2.05) is 6.07 Å². The van der Waals surface area contributed by atoms with E-state index in [2.05, 4.69) is 10.2 Å². The number of carbonyl (C=O) groups is 1. The first-order valence-electron chi connectivity index (χ1n) is 4.84. The fourth-order valence-electron chi connectivity index (χ4n) is 1.65. The highest BCUT2D eigenvalue weighted by Gasteiger charge is 2.12. The van der Waals surface area contributed by atoms with Crippen LogP contribution in [0, 0.1) is 0 Å². The van der Waals surface area contributed by atoms with Gasteiger partial charge in [-0.1, -0.05) is 17.7 Å². The number of aromatic nitrogens is 3. The molecule has 6 heteroatoms. The Labute approximate surface area is 105 Å². The van der Waals surface area contributed by atoms with Gasteiger partial charge in [-0.3, -0.25) is 9.20 Å². The van der Waals surface area contributed by atoms with Gasteiger partial charge in [0.15, 0.2) is 17.8 Å². The predicted molar refractivity (Wildman–Crippen MR) is 66.7 cm³/mol. The Balaban J connectivity index is 2.33. The van der Waals surface area contributed by atoms with Crippen molar-refractivity contribution in [2.45, 2.75) is 0 Å². The molecule has 0 saturated heterocycles. The molecule has 4 nitrogen and oxygen atoms in total. The van der Waals surface area contributed by atoms with E-state index in [1.165, 1.54) is 11.3 Å². The van der Waals surface area contributed by atoms with Crippen LogP contribution in [0.25, 0.3) is 16.3 Å². The second-order valence-electron chi connectivity index (χ2n) is 3.39. The molecular formula is C11H6ClN3OS. The van der Waals surface area contributed by atoms with Gasteiger partial charge in [-0.05, 0) is 24.3 Å². The van der Waals surface area contributed by atoms with E-state index in [9.17, 15) is 4.79 Å². The highest BCUT2D eigenvalue weighted by atomic mass is 35.5. The summed E-state index contributed by atoms with van der Waals surface area (Å²) in [5.41, 5.74) is 1.17. The second-order valence-corrected chi connectivity index (χ2v) is 5.10. The van der Waals surface area contributed by atoms with E-state index in [0.717, 1.165) is 11.2 Å². The van der Waals surface area contributed by atoms with E-state index >= 15 is 0 Å². The molecule has 0 atom stereocenters. The molecule has 3 aromatic rings. The maximum atomic E-state index is 11.0. The zero-order chi connectivity index (χ0) is 11.8. The number of pyridine rings is 1. The average Bonchev–Trinajstić information content (AvgIpc) is 2.94. The van der Waals surface area contributed by atoms with Gasteiger partial charge in [-0.2, -0.15) is 0 Å². The molecule has 0 radical (unpaired) electrons. The Morgan fingerprint density at radius 2 is 2.12 bits per heavy atom. The fraction of sp³-hybridized carbons (Fsp3) is 0. The topological polar surface area (TPSA) is 47.3 Å². The van der Waals surface area contributed by atoms with Crippen molar-refractivity contribution in [2.24, 2.45) is 0 Å². The molecule has 3 heterocycles. The van der Waals surface area contributed by atoms with Crippen molar-refractivity contribution in [3.63, 3.8) is 0 Å². The molecule has 0 fully saturated rings. The van der Waals surface area contributed by atoms with Crippen molar-refractivity contribution >= 4 is 34.9 Å². The lowest BCUT2D eigenvalue weighted by atomic mass is 10.3. The van der Waals surface area contributed by atoms with Crippen molar-refractivity contribution < 1.29 is 4.79 Å². The van der Waals surface area contributed by atoms with E-state index in [1.54, 1.807) is 28.7 Å². The Morgan fingerprint density at radius 1 is 1.24 bits per heavy atom. The van der Waals surface area contributed by atoms with Crippen LogP contribution in [-0.4, -0.2) is 20.9 Å². The molecule has 3 aromatic heterocycles. The van der Waals surface area contributed by atoms with E-state index in [4.69, 9.17) is 11.6 Å². The minimum atomic E-state index is 0.520. The number of halogens is 1. The monoisotopic (exact) mass is 263 g/mol. The van der Waals surface area contributed by atoms with E-state index in [0.29, 0.717) is 21.5 Å². The Bertz CT molecular complexity index is 704. The molecule has 17 heavy (non-hydrogen) atoms. The summed E-state index contributed by atoms with van der Waals surface area (Å²) >= 11 is 7.30. The van der Waals surface area contributed by atoms with Crippen LogP contribution in [0.3, 0.4) is 0 Å². The van der Waals surface area contributed by atoms with Crippen LogP contribution in [0.4, 0.5) is 0 Å². The highest BCUT2D eigenvalue weighted by molar-refractivity contribution is 7.19. The Morgan fingerprint density at radius 3 is 2.82 bits per heavy atom. The molecule has 0 aliphatic heterocycles. The molecule has 0 aliphatic rings. The summed E-state index contributed by atoms with van der Waals surface area (Å²) in [6.07, 6.45) is 0.787. The van der Waals surface area contributed by atoms with Crippen LogP contribution < -0.4 is 0 Å². The van der Waals surface area contributed by atoms with Gasteiger partial charge in [0.1, 0.15) is 0 Å². The molecule has 0 amide bonds. The number of fused-ring (bicyclic) bond motifs is 1. The van der Waals surface area contributed by atoms with Crippen LogP contribution in [-0.2, 0) is 0 Å². The van der Waals surface area contributed by atoms with E-state index in [-0.39, 0.29) is 0 Å². The quantitative estimate of drug-likeness (QED) is 0.668. The molecule has 0 unspecified atom stereocenters.